The highest BCUT2D eigenvalue weighted by molar-refractivity contribution is 6.22. The molecule has 0 aliphatic carbocycles. The topological polar surface area (TPSA) is 89.4 Å². The van der Waals surface area contributed by atoms with Crippen LogP contribution >= 0.6 is 0 Å². The van der Waals surface area contributed by atoms with Crippen molar-refractivity contribution in [3.63, 3.8) is 0 Å². The van der Waals surface area contributed by atoms with Crippen LogP contribution in [0.3, 0.4) is 0 Å². The molecule has 0 atom stereocenters. The Labute approximate surface area is 227 Å². The maximum atomic E-state index is 15.5. The zero-order valence-electron chi connectivity index (χ0n) is 22.4. The molecule has 0 spiro atoms. The quantitative estimate of drug-likeness (QED) is 0.202. The molecule has 0 bridgehead atoms. The summed E-state index contributed by atoms with van der Waals surface area (Å²) in [4.78, 5) is 18.6. The van der Waals surface area contributed by atoms with Crippen LogP contribution in [0.4, 0.5) is 16.0 Å². The zero-order valence-corrected chi connectivity index (χ0v) is 22.4. The van der Waals surface area contributed by atoms with Gasteiger partial charge in [0.05, 0.1) is 17.0 Å². The standard InChI is InChI=1S/C31H31FN6O/c1-19(2)35-31-33-16-22(17-34-31)24-15-27-25(14-26(24)32)28(30(39)37-27)29(21-8-6-5-7-9-21)36-23-12-10-20(11-13-23)18-38(3)4/h5-17,19,37,39H,18H2,1-4H3,(H,33,34,35). The largest absolute Gasteiger partial charge is 0.494 e. The molecule has 5 rings (SSSR count). The molecule has 3 N–H and O–H groups in total. The number of hydrogen-bond donors (Lipinski definition) is 3. The van der Waals surface area contributed by atoms with Crippen molar-refractivity contribution >= 4 is 28.3 Å². The second-order valence-corrected chi connectivity index (χ2v) is 10.1. The number of aromatic amines is 1. The fourth-order valence-corrected chi connectivity index (χ4v) is 4.49. The predicted molar refractivity (Wildman–Crippen MR) is 155 cm³/mol. The third kappa shape index (κ3) is 5.81. The lowest BCUT2D eigenvalue weighted by Crippen LogP contribution is -2.12. The highest BCUT2D eigenvalue weighted by atomic mass is 19.1. The maximum absolute atomic E-state index is 15.5. The minimum Gasteiger partial charge on any atom is -0.494 e. The smallest absolute Gasteiger partial charge is 0.222 e. The molecule has 2 heterocycles. The van der Waals surface area contributed by atoms with Crippen molar-refractivity contribution in [3.05, 3.63) is 102 Å². The van der Waals surface area contributed by atoms with Gasteiger partial charge in [0, 0.05) is 52.6 Å². The van der Waals surface area contributed by atoms with Gasteiger partial charge in [-0.3, -0.25) is 0 Å². The number of halogens is 1. The Balaban J connectivity index is 1.59. The van der Waals surface area contributed by atoms with Gasteiger partial charge in [-0.1, -0.05) is 42.5 Å². The Bertz CT molecular complexity index is 1610. The van der Waals surface area contributed by atoms with Crippen molar-refractivity contribution in [2.75, 3.05) is 19.4 Å². The normalized spacial score (nSPS) is 12.0. The van der Waals surface area contributed by atoms with E-state index >= 15 is 4.39 Å². The molecule has 0 saturated heterocycles. The maximum Gasteiger partial charge on any atom is 0.222 e. The van der Waals surface area contributed by atoms with E-state index in [1.807, 2.05) is 82.5 Å². The summed E-state index contributed by atoms with van der Waals surface area (Å²) in [5.74, 6) is -0.0500. The molecule has 5 aromatic rings. The lowest BCUT2D eigenvalue weighted by Gasteiger charge is -2.11. The number of benzene rings is 3. The molecule has 8 heteroatoms. The van der Waals surface area contributed by atoms with E-state index in [0.717, 1.165) is 17.8 Å². The van der Waals surface area contributed by atoms with Gasteiger partial charge in [-0.05, 0) is 57.8 Å². The van der Waals surface area contributed by atoms with E-state index in [1.165, 1.54) is 11.6 Å². The summed E-state index contributed by atoms with van der Waals surface area (Å²) in [5.41, 5.74) is 5.13. The Hall–Kier alpha value is -4.56. The van der Waals surface area contributed by atoms with Crippen molar-refractivity contribution in [1.29, 1.82) is 0 Å². The van der Waals surface area contributed by atoms with E-state index in [9.17, 15) is 5.11 Å². The molecule has 0 unspecified atom stereocenters. The molecule has 0 aliphatic heterocycles. The lowest BCUT2D eigenvalue weighted by molar-refractivity contribution is 0.402. The molecule has 0 aliphatic rings. The summed E-state index contributed by atoms with van der Waals surface area (Å²) in [7, 11) is 4.05. The van der Waals surface area contributed by atoms with Crippen LogP contribution in [-0.2, 0) is 6.54 Å². The van der Waals surface area contributed by atoms with Gasteiger partial charge in [-0.25, -0.2) is 19.4 Å². The number of aromatic hydroxyl groups is 1. The van der Waals surface area contributed by atoms with Crippen LogP contribution in [0.2, 0.25) is 0 Å². The molecule has 7 nitrogen and oxygen atoms in total. The zero-order chi connectivity index (χ0) is 27.5. The first-order chi connectivity index (χ1) is 18.8. The molecule has 0 radical (unpaired) electrons. The van der Waals surface area contributed by atoms with Gasteiger partial charge in [-0.15, -0.1) is 0 Å². The highest BCUT2D eigenvalue weighted by Crippen LogP contribution is 2.35. The Morgan fingerprint density at radius 2 is 1.72 bits per heavy atom. The number of H-pyrrole nitrogens is 1. The van der Waals surface area contributed by atoms with Crippen LogP contribution < -0.4 is 5.32 Å². The second kappa shape index (κ2) is 11.0. The van der Waals surface area contributed by atoms with Gasteiger partial charge >= 0.3 is 0 Å². The van der Waals surface area contributed by atoms with Crippen LogP contribution in [0.1, 0.15) is 30.5 Å². The highest BCUT2D eigenvalue weighted by Gasteiger charge is 2.21. The molecule has 0 fully saturated rings. The first-order valence-corrected chi connectivity index (χ1v) is 12.8. The third-order valence-corrected chi connectivity index (χ3v) is 6.21. The van der Waals surface area contributed by atoms with Crippen molar-refractivity contribution in [3.8, 4) is 17.0 Å². The first-order valence-electron chi connectivity index (χ1n) is 12.8. The van der Waals surface area contributed by atoms with E-state index in [2.05, 4.69) is 25.2 Å². The predicted octanol–water partition coefficient (Wildman–Crippen LogP) is 6.52. The van der Waals surface area contributed by atoms with Gasteiger partial charge in [0.25, 0.3) is 0 Å². The molecular formula is C31H31FN6O. The average molecular weight is 523 g/mol. The second-order valence-electron chi connectivity index (χ2n) is 10.1. The van der Waals surface area contributed by atoms with E-state index in [-0.39, 0.29) is 11.9 Å². The minimum absolute atomic E-state index is 0.0823. The first kappa shape index (κ1) is 26.1. The molecule has 0 amide bonds. The summed E-state index contributed by atoms with van der Waals surface area (Å²) in [6.07, 6.45) is 3.17. The number of fused-ring (bicyclic) bond motifs is 1. The number of aromatic nitrogens is 3. The van der Waals surface area contributed by atoms with Crippen LogP contribution in [0.5, 0.6) is 5.88 Å². The molecular weight excluding hydrogens is 491 g/mol. The summed E-state index contributed by atoms with van der Waals surface area (Å²) >= 11 is 0. The van der Waals surface area contributed by atoms with E-state index in [1.54, 1.807) is 18.5 Å². The van der Waals surface area contributed by atoms with Crippen molar-refractivity contribution in [2.45, 2.75) is 26.4 Å². The van der Waals surface area contributed by atoms with E-state index in [4.69, 9.17) is 4.99 Å². The van der Waals surface area contributed by atoms with Crippen molar-refractivity contribution in [2.24, 2.45) is 4.99 Å². The molecule has 3 aromatic carbocycles. The number of nitrogens with zero attached hydrogens (tertiary/aromatic N) is 4. The van der Waals surface area contributed by atoms with E-state index in [0.29, 0.717) is 39.3 Å². The molecule has 0 saturated carbocycles. The number of anilines is 1. The number of nitrogens with one attached hydrogen (secondary N) is 2. The number of aliphatic imine (C=N–C) groups is 1. The van der Waals surface area contributed by atoms with Gasteiger partial charge in [0.1, 0.15) is 5.82 Å². The Kier molecular flexibility index (Phi) is 7.38. The monoisotopic (exact) mass is 522 g/mol. The lowest BCUT2D eigenvalue weighted by atomic mass is 9.99. The number of rotatable bonds is 8. The van der Waals surface area contributed by atoms with E-state index < -0.39 is 5.82 Å². The summed E-state index contributed by atoms with van der Waals surface area (Å²) in [6.45, 7) is 4.81. The van der Waals surface area contributed by atoms with Gasteiger partial charge in [0.2, 0.25) is 5.95 Å². The van der Waals surface area contributed by atoms with Crippen LogP contribution in [0, 0.1) is 5.82 Å². The van der Waals surface area contributed by atoms with Crippen LogP contribution in [0.25, 0.3) is 22.0 Å². The van der Waals surface area contributed by atoms with Crippen LogP contribution in [-0.4, -0.2) is 50.8 Å². The van der Waals surface area contributed by atoms with Crippen molar-refractivity contribution in [1.82, 2.24) is 19.9 Å². The Morgan fingerprint density at radius 3 is 2.36 bits per heavy atom. The Morgan fingerprint density at radius 1 is 1.03 bits per heavy atom. The van der Waals surface area contributed by atoms with Gasteiger partial charge < -0.3 is 20.3 Å². The summed E-state index contributed by atoms with van der Waals surface area (Å²) in [6, 6.07) is 20.8. The average Bonchev–Trinajstić information content (AvgIpc) is 3.22. The van der Waals surface area contributed by atoms with Gasteiger partial charge in [0.15, 0.2) is 5.88 Å². The molecule has 2 aromatic heterocycles. The molecule has 198 valence electrons. The van der Waals surface area contributed by atoms with Crippen molar-refractivity contribution < 1.29 is 9.50 Å². The summed E-state index contributed by atoms with van der Waals surface area (Å²) in [5, 5.41) is 14.7. The van der Waals surface area contributed by atoms with Gasteiger partial charge in [-0.2, -0.15) is 0 Å². The van der Waals surface area contributed by atoms with Crippen LogP contribution in [0.15, 0.2) is 84.1 Å². The SMILES string of the molecule is CC(C)Nc1ncc(-c2cc3[nH]c(O)c(C(=Nc4ccc(CN(C)C)cc4)c4ccccc4)c3cc2F)cn1. The fraction of sp³-hybridized carbons (Fsp3) is 0.194. The minimum atomic E-state index is -0.448. The number of hydrogen-bond acceptors (Lipinski definition) is 6. The fourth-order valence-electron chi connectivity index (χ4n) is 4.49. The third-order valence-electron chi connectivity index (χ3n) is 6.21. The summed E-state index contributed by atoms with van der Waals surface area (Å²) < 4.78 is 15.5. The molecule has 39 heavy (non-hydrogen) atoms.